The van der Waals surface area contributed by atoms with Gasteiger partial charge in [0.1, 0.15) is 0 Å². The lowest BCUT2D eigenvalue weighted by atomic mass is 10.0. The quantitative estimate of drug-likeness (QED) is 0.768. The van der Waals surface area contributed by atoms with Crippen LogP contribution in [0.2, 0.25) is 0 Å². The van der Waals surface area contributed by atoms with E-state index in [0.29, 0.717) is 0 Å². The highest BCUT2D eigenvalue weighted by atomic mass is 16.3. The number of aryl methyl sites for hydroxylation is 2. The first kappa shape index (κ1) is 13.2. The molecule has 1 fully saturated rings. The average Bonchev–Trinajstić information content (AvgIpc) is 2.29. The Morgan fingerprint density at radius 3 is 2.44 bits per heavy atom. The van der Waals surface area contributed by atoms with Crippen LogP contribution in [-0.4, -0.2) is 49.3 Å². The Balaban J connectivity index is 2.35. The van der Waals surface area contributed by atoms with E-state index >= 15 is 0 Å². The van der Waals surface area contributed by atoms with Crippen LogP contribution >= 0.6 is 0 Å². The number of benzene rings is 1. The van der Waals surface area contributed by atoms with Crippen LogP contribution < -0.4 is 10.6 Å². The Morgan fingerprint density at radius 2 is 1.89 bits per heavy atom. The van der Waals surface area contributed by atoms with Crippen LogP contribution in [0.15, 0.2) is 12.1 Å². The Hall–Kier alpha value is -1.26. The number of rotatable bonds is 2. The van der Waals surface area contributed by atoms with E-state index in [4.69, 9.17) is 5.73 Å². The number of nitrogens with two attached hydrogens (primary N) is 1. The summed E-state index contributed by atoms with van der Waals surface area (Å²) in [5.41, 5.74) is 10.3. The van der Waals surface area contributed by atoms with Gasteiger partial charge in [0.15, 0.2) is 0 Å². The Kier molecular flexibility index (Phi) is 3.78. The van der Waals surface area contributed by atoms with Gasteiger partial charge in [0.25, 0.3) is 0 Å². The van der Waals surface area contributed by atoms with Gasteiger partial charge >= 0.3 is 0 Å². The topological polar surface area (TPSA) is 52.7 Å². The fourth-order valence-electron chi connectivity index (χ4n) is 2.90. The van der Waals surface area contributed by atoms with Gasteiger partial charge in [-0.15, -0.1) is 0 Å². The molecule has 0 aromatic heterocycles. The number of piperazine rings is 1. The maximum Gasteiger partial charge on any atom is 0.0648 e. The van der Waals surface area contributed by atoms with Crippen molar-refractivity contribution < 1.29 is 5.11 Å². The fraction of sp³-hybridized carbons (Fsp3) is 0.571. The van der Waals surface area contributed by atoms with Crippen molar-refractivity contribution in [2.24, 2.45) is 0 Å². The molecule has 1 aromatic rings. The van der Waals surface area contributed by atoms with Crippen molar-refractivity contribution in [3.05, 3.63) is 23.3 Å². The Labute approximate surface area is 109 Å². The average molecular weight is 249 g/mol. The minimum absolute atomic E-state index is 0.171. The molecule has 4 nitrogen and oxygen atoms in total. The van der Waals surface area contributed by atoms with E-state index in [-0.39, 0.29) is 12.6 Å². The minimum atomic E-state index is 0.171. The number of aliphatic hydroxyl groups is 1. The SMILES string of the molecule is Cc1cc(N)cc(C)c1N1CCN(C)CC1CO. The van der Waals surface area contributed by atoms with Gasteiger partial charge in [0.05, 0.1) is 12.6 Å². The molecule has 3 N–H and O–H groups in total. The zero-order valence-electron chi connectivity index (χ0n) is 11.5. The normalized spacial score (nSPS) is 21.3. The molecule has 1 heterocycles. The highest BCUT2D eigenvalue weighted by molar-refractivity contribution is 5.65. The Bertz CT molecular complexity index is 410. The van der Waals surface area contributed by atoms with Crippen LogP contribution in [0.5, 0.6) is 0 Å². The van der Waals surface area contributed by atoms with Gasteiger partial charge in [-0.25, -0.2) is 0 Å². The smallest absolute Gasteiger partial charge is 0.0648 e. The van der Waals surface area contributed by atoms with Gasteiger partial charge < -0.3 is 20.6 Å². The summed E-state index contributed by atoms with van der Waals surface area (Å²) in [7, 11) is 2.10. The molecule has 1 aliphatic rings. The van der Waals surface area contributed by atoms with Gasteiger partial charge in [-0.3, -0.25) is 0 Å². The molecule has 4 heteroatoms. The molecule has 0 bridgehead atoms. The third-order valence-corrected chi connectivity index (χ3v) is 3.70. The molecule has 100 valence electrons. The summed E-state index contributed by atoms with van der Waals surface area (Å²) in [5, 5.41) is 9.58. The summed E-state index contributed by atoms with van der Waals surface area (Å²) < 4.78 is 0. The summed E-state index contributed by atoms with van der Waals surface area (Å²) in [6.45, 7) is 7.25. The predicted molar refractivity (Wildman–Crippen MR) is 76.0 cm³/mol. The standard InChI is InChI=1S/C14H23N3O/c1-10-6-12(15)7-11(2)14(10)17-5-4-16(3)8-13(17)9-18/h6-7,13,18H,4-5,8-9,15H2,1-3H3. The highest BCUT2D eigenvalue weighted by Gasteiger charge is 2.26. The van der Waals surface area contributed by atoms with Crippen LogP contribution in [0.3, 0.4) is 0 Å². The molecule has 1 atom stereocenters. The number of anilines is 2. The predicted octanol–water partition coefficient (Wildman–Crippen LogP) is 0.998. The second-order valence-electron chi connectivity index (χ2n) is 5.30. The molecule has 1 unspecified atom stereocenters. The first-order chi connectivity index (χ1) is 8.52. The number of nitrogen functional groups attached to an aromatic ring is 1. The van der Waals surface area contributed by atoms with Crippen molar-refractivity contribution in [2.45, 2.75) is 19.9 Å². The summed E-state index contributed by atoms with van der Waals surface area (Å²) >= 11 is 0. The molecule has 18 heavy (non-hydrogen) atoms. The first-order valence-corrected chi connectivity index (χ1v) is 6.45. The van der Waals surface area contributed by atoms with Crippen molar-refractivity contribution in [2.75, 3.05) is 43.9 Å². The number of nitrogens with zero attached hydrogens (tertiary/aromatic N) is 2. The van der Waals surface area contributed by atoms with Crippen LogP contribution in [0.25, 0.3) is 0 Å². The number of hydrogen-bond acceptors (Lipinski definition) is 4. The van der Waals surface area contributed by atoms with Gasteiger partial charge in [-0.1, -0.05) is 0 Å². The maximum atomic E-state index is 9.58. The summed E-state index contributed by atoms with van der Waals surface area (Å²) in [5.74, 6) is 0. The van der Waals surface area contributed by atoms with E-state index in [0.717, 1.165) is 25.3 Å². The van der Waals surface area contributed by atoms with Crippen LogP contribution in [0, 0.1) is 13.8 Å². The summed E-state index contributed by atoms with van der Waals surface area (Å²) in [6, 6.07) is 4.19. The lowest BCUT2D eigenvalue weighted by molar-refractivity contribution is 0.191. The zero-order chi connectivity index (χ0) is 13.3. The van der Waals surface area contributed by atoms with Gasteiger partial charge in [-0.05, 0) is 44.2 Å². The number of likely N-dealkylation sites (N-methyl/N-ethyl adjacent to an activating group) is 1. The molecule has 0 aliphatic carbocycles. The van der Waals surface area contributed by atoms with Crippen molar-refractivity contribution in [1.29, 1.82) is 0 Å². The van der Waals surface area contributed by atoms with Gasteiger partial charge in [-0.2, -0.15) is 0 Å². The highest BCUT2D eigenvalue weighted by Crippen LogP contribution is 2.30. The van der Waals surface area contributed by atoms with E-state index in [1.54, 1.807) is 0 Å². The molecule has 1 saturated heterocycles. The number of hydrogen-bond donors (Lipinski definition) is 2. The molecule has 0 spiro atoms. The lowest BCUT2D eigenvalue weighted by Gasteiger charge is -2.42. The van der Waals surface area contributed by atoms with Crippen LogP contribution in [-0.2, 0) is 0 Å². The van der Waals surface area contributed by atoms with Crippen LogP contribution in [0.4, 0.5) is 11.4 Å². The second kappa shape index (κ2) is 5.16. The van der Waals surface area contributed by atoms with E-state index < -0.39 is 0 Å². The largest absolute Gasteiger partial charge is 0.399 e. The van der Waals surface area contributed by atoms with Crippen molar-refractivity contribution in [1.82, 2.24) is 4.90 Å². The minimum Gasteiger partial charge on any atom is -0.399 e. The van der Waals surface area contributed by atoms with Crippen molar-refractivity contribution >= 4 is 11.4 Å². The van der Waals surface area contributed by atoms with Gasteiger partial charge in [0, 0.05) is 31.0 Å². The molecule has 1 aromatic carbocycles. The molecular weight excluding hydrogens is 226 g/mol. The number of aliphatic hydroxyl groups excluding tert-OH is 1. The molecule has 0 amide bonds. The second-order valence-corrected chi connectivity index (χ2v) is 5.30. The van der Waals surface area contributed by atoms with E-state index in [2.05, 4.69) is 30.7 Å². The zero-order valence-corrected chi connectivity index (χ0v) is 11.5. The van der Waals surface area contributed by atoms with E-state index in [1.807, 2.05) is 12.1 Å². The maximum absolute atomic E-state index is 9.58. The summed E-state index contributed by atoms with van der Waals surface area (Å²) in [6.07, 6.45) is 0. The molecule has 0 saturated carbocycles. The van der Waals surface area contributed by atoms with E-state index in [9.17, 15) is 5.11 Å². The van der Waals surface area contributed by atoms with E-state index in [1.165, 1.54) is 16.8 Å². The lowest BCUT2D eigenvalue weighted by Crippen LogP contribution is -2.54. The van der Waals surface area contributed by atoms with Crippen molar-refractivity contribution in [3.8, 4) is 0 Å². The van der Waals surface area contributed by atoms with Crippen LogP contribution in [0.1, 0.15) is 11.1 Å². The molecule has 1 aliphatic heterocycles. The Morgan fingerprint density at radius 1 is 1.28 bits per heavy atom. The fourth-order valence-corrected chi connectivity index (χ4v) is 2.90. The first-order valence-electron chi connectivity index (χ1n) is 6.45. The third-order valence-electron chi connectivity index (χ3n) is 3.70. The monoisotopic (exact) mass is 249 g/mol. The van der Waals surface area contributed by atoms with Crippen molar-refractivity contribution in [3.63, 3.8) is 0 Å². The van der Waals surface area contributed by atoms with Gasteiger partial charge in [0.2, 0.25) is 0 Å². The third kappa shape index (κ3) is 2.44. The molecular formula is C14H23N3O. The molecule has 0 radical (unpaired) electrons. The summed E-state index contributed by atoms with van der Waals surface area (Å²) in [4.78, 5) is 4.59. The molecule has 2 rings (SSSR count).